The molecule has 39 heavy (non-hydrogen) atoms. The van der Waals surface area contributed by atoms with E-state index in [1.807, 2.05) is 65.8 Å². The van der Waals surface area contributed by atoms with Gasteiger partial charge in [0.25, 0.3) is 0 Å². The van der Waals surface area contributed by atoms with Gasteiger partial charge in [-0.25, -0.2) is 4.79 Å². The lowest BCUT2D eigenvalue weighted by atomic mass is 9.87. The van der Waals surface area contributed by atoms with Gasteiger partial charge in [0.1, 0.15) is 28.4 Å². The average Bonchev–Trinajstić information content (AvgIpc) is 3.25. The van der Waals surface area contributed by atoms with Gasteiger partial charge in [0.2, 0.25) is 0 Å². The summed E-state index contributed by atoms with van der Waals surface area (Å²) in [5.41, 5.74) is -0.411. The third-order valence-electron chi connectivity index (χ3n) is 6.36. The number of rotatable bonds is 8. The van der Waals surface area contributed by atoms with Gasteiger partial charge >= 0.3 is 12.1 Å². The minimum atomic E-state index is -0.615. The molecule has 0 N–H and O–H groups in total. The van der Waals surface area contributed by atoms with Crippen LogP contribution >= 0.6 is 11.8 Å². The topological polar surface area (TPSA) is 95.9 Å². The summed E-state index contributed by atoms with van der Waals surface area (Å²) in [6.07, 6.45) is 0.806. The fourth-order valence-corrected chi connectivity index (χ4v) is 5.63. The van der Waals surface area contributed by atoms with E-state index < -0.39 is 17.3 Å². The van der Waals surface area contributed by atoms with Crippen molar-refractivity contribution in [2.24, 2.45) is 10.9 Å². The summed E-state index contributed by atoms with van der Waals surface area (Å²) >= 11 is 1.41. The van der Waals surface area contributed by atoms with Crippen molar-refractivity contribution in [2.45, 2.75) is 109 Å². The molecule has 1 amide bonds. The van der Waals surface area contributed by atoms with Crippen LogP contribution in [-0.4, -0.2) is 71.2 Å². The second-order valence-corrected chi connectivity index (χ2v) is 13.1. The molecule has 0 aromatic heterocycles. The highest BCUT2D eigenvalue weighted by atomic mass is 32.2. The smallest absolute Gasteiger partial charge is 0.416 e. The first-order valence-electron chi connectivity index (χ1n) is 13.5. The van der Waals surface area contributed by atoms with Crippen molar-refractivity contribution in [2.75, 3.05) is 14.2 Å². The van der Waals surface area contributed by atoms with Crippen LogP contribution in [0.5, 0.6) is 5.75 Å². The van der Waals surface area contributed by atoms with E-state index in [1.165, 1.54) is 16.7 Å². The summed E-state index contributed by atoms with van der Waals surface area (Å²) in [5, 5.41) is 0.541. The Kier molecular flexibility index (Phi) is 10.3. The zero-order chi connectivity index (χ0) is 29.0. The minimum absolute atomic E-state index is 0.0127. The second kappa shape index (κ2) is 12.9. The van der Waals surface area contributed by atoms with Gasteiger partial charge in [0.05, 0.1) is 25.9 Å². The number of benzene rings is 1. The summed E-state index contributed by atoms with van der Waals surface area (Å²) in [6.45, 7) is 13.6. The molecule has 1 saturated heterocycles. The molecule has 0 unspecified atom stereocenters. The fraction of sp³-hybridized carbons (Fsp3) is 0.690. The Morgan fingerprint density at radius 2 is 1.69 bits per heavy atom. The van der Waals surface area contributed by atoms with E-state index in [2.05, 4.69) is 6.92 Å². The molecule has 9 nitrogen and oxygen atoms in total. The molecule has 5 atom stereocenters. The van der Waals surface area contributed by atoms with Crippen molar-refractivity contribution in [1.82, 2.24) is 4.90 Å². The van der Waals surface area contributed by atoms with Gasteiger partial charge in [0.15, 0.2) is 5.17 Å². The zero-order valence-corrected chi connectivity index (χ0v) is 25.5. The molecule has 0 spiro atoms. The Balaban J connectivity index is 1.72. The van der Waals surface area contributed by atoms with Crippen LogP contribution in [0.1, 0.15) is 73.3 Å². The highest BCUT2D eigenvalue weighted by Crippen LogP contribution is 2.42. The molecule has 10 heteroatoms. The third kappa shape index (κ3) is 9.11. The van der Waals surface area contributed by atoms with Crippen LogP contribution in [0.15, 0.2) is 29.3 Å². The number of aliphatic imine (C=N–C) groups is 1. The molecule has 2 aliphatic heterocycles. The Bertz CT molecular complexity index is 1020. The molecule has 2 aliphatic rings. The number of methoxy groups -OCH3 is 1. The molecular formula is C29H44N2O7S. The summed E-state index contributed by atoms with van der Waals surface area (Å²) in [6, 6.07) is 7.49. The summed E-state index contributed by atoms with van der Waals surface area (Å²) in [4.78, 5) is 31.3. The number of carbonyl (C=O) groups is 2. The van der Waals surface area contributed by atoms with E-state index in [4.69, 9.17) is 28.7 Å². The SMILES string of the molecule is COc1ccc(CO[C@H]2[C@H](C)[C@@H](CCCC(=O)OC(C)(C)C)O[C@@H]3SC(N(C)C(=O)OC(C)(C)C)=N[C@H]23)cc1. The molecular weight excluding hydrogens is 520 g/mol. The Labute approximate surface area is 236 Å². The number of esters is 1. The minimum Gasteiger partial charge on any atom is -0.497 e. The highest BCUT2D eigenvalue weighted by Gasteiger charge is 2.49. The van der Waals surface area contributed by atoms with Gasteiger partial charge in [-0.15, -0.1) is 0 Å². The van der Waals surface area contributed by atoms with Crippen molar-refractivity contribution in [3.05, 3.63) is 29.8 Å². The third-order valence-corrected chi connectivity index (χ3v) is 7.57. The van der Waals surface area contributed by atoms with Crippen molar-refractivity contribution >= 4 is 29.0 Å². The molecule has 0 aliphatic carbocycles. The largest absolute Gasteiger partial charge is 0.497 e. The lowest BCUT2D eigenvalue weighted by Crippen LogP contribution is -2.51. The summed E-state index contributed by atoms with van der Waals surface area (Å²) < 4.78 is 29.3. The molecule has 218 valence electrons. The number of fused-ring (bicyclic) bond motifs is 1. The lowest BCUT2D eigenvalue weighted by Gasteiger charge is -2.41. The Morgan fingerprint density at radius 3 is 2.28 bits per heavy atom. The first-order valence-corrected chi connectivity index (χ1v) is 14.4. The summed E-state index contributed by atoms with van der Waals surface area (Å²) in [5.74, 6) is 0.588. The number of amides is 1. The number of hydrogen-bond donors (Lipinski definition) is 0. The number of carbonyl (C=O) groups excluding carboxylic acids is 2. The molecule has 1 aromatic carbocycles. The maximum atomic E-state index is 12.7. The number of ether oxygens (including phenoxy) is 5. The van der Waals surface area contributed by atoms with Crippen LogP contribution in [-0.2, 0) is 30.3 Å². The number of nitrogens with zero attached hydrogens (tertiary/aromatic N) is 2. The zero-order valence-electron chi connectivity index (χ0n) is 24.7. The first-order chi connectivity index (χ1) is 18.2. The quantitative estimate of drug-likeness (QED) is 0.366. The van der Waals surface area contributed by atoms with Crippen LogP contribution < -0.4 is 4.74 Å². The standard InChI is InChI=1S/C29H44N2O7S/c1-18-21(11-10-12-22(32)37-28(2,3)4)36-25-23(24(18)35-17-19-13-15-20(34-9)16-14-19)30-26(39-25)31(8)27(33)38-29(5,6)7/h13-16,18,21,23-25H,10-12,17H2,1-9H3/t18-,21-,23-,24+,25-/m1/s1. The van der Waals surface area contributed by atoms with Crippen molar-refractivity contribution in [3.63, 3.8) is 0 Å². The molecule has 2 heterocycles. The Morgan fingerprint density at radius 1 is 1.05 bits per heavy atom. The van der Waals surface area contributed by atoms with Crippen LogP contribution in [0.25, 0.3) is 0 Å². The van der Waals surface area contributed by atoms with Crippen LogP contribution in [0.4, 0.5) is 4.79 Å². The first kappa shape index (κ1) is 31.2. The number of amidine groups is 1. The highest BCUT2D eigenvalue weighted by molar-refractivity contribution is 8.14. The maximum absolute atomic E-state index is 12.7. The normalized spacial score (nSPS) is 24.9. The molecule has 0 saturated carbocycles. The van der Waals surface area contributed by atoms with Gasteiger partial charge in [-0.2, -0.15) is 0 Å². The molecule has 0 bridgehead atoms. The predicted molar refractivity (Wildman–Crippen MR) is 152 cm³/mol. The monoisotopic (exact) mass is 564 g/mol. The van der Waals surface area contributed by atoms with E-state index in [-0.39, 0.29) is 35.6 Å². The second-order valence-electron chi connectivity index (χ2n) is 12.1. The van der Waals surface area contributed by atoms with E-state index in [1.54, 1.807) is 14.2 Å². The molecule has 3 rings (SSSR count). The van der Waals surface area contributed by atoms with Crippen LogP contribution in [0, 0.1) is 5.92 Å². The lowest BCUT2D eigenvalue weighted by molar-refractivity contribution is -0.156. The van der Waals surface area contributed by atoms with Gasteiger partial charge in [0, 0.05) is 19.4 Å². The van der Waals surface area contributed by atoms with Gasteiger partial charge < -0.3 is 23.7 Å². The molecule has 1 fully saturated rings. The van der Waals surface area contributed by atoms with Crippen LogP contribution in [0.3, 0.4) is 0 Å². The van der Waals surface area contributed by atoms with Gasteiger partial charge in [-0.1, -0.05) is 30.8 Å². The van der Waals surface area contributed by atoms with Crippen molar-refractivity contribution in [3.8, 4) is 5.75 Å². The van der Waals surface area contributed by atoms with Crippen molar-refractivity contribution < 1.29 is 33.3 Å². The van der Waals surface area contributed by atoms with Gasteiger partial charge in [-0.3, -0.25) is 14.7 Å². The molecule has 1 aromatic rings. The van der Waals surface area contributed by atoms with E-state index in [0.717, 1.165) is 11.3 Å². The predicted octanol–water partition coefficient (Wildman–Crippen LogP) is 5.79. The maximum Gasteiger partial charge on any atom is 0.416 e. The van der Waals surface area contributed by atoms with E-state index >= 15 is 0 Å². The Hall–Kier alpha value is -2.30. The summed E-state index contributed by atoms with van der Waals surface area (Å²) in [7, 11) is 3.30. The average molecular weight is 565 g/mol. The van der Waals surface area contributed by atoms with Gasteiger partial charge in [-0.05, 0) is 72.1 Å². The number of hydrogen-bond acceptors (Lipinski definition) is 9. The van der Waals surface area contributed by atoms with E-state index in [9.17, 15) is 9.59 Å². The van der Waals surface area contributed by atoms with Crippen LogP contribution in [0.2, 0.25) is 0 Å². The van der Waals surface area contributed by atoms with Crippen molar-refractivity contribution in [1.29, 1.82) is 0 Å². The number of thioether (sulfide) groups is 1. The molecule has 0 radical (unpaired) electrons. The van der Waals surface area contributed by atoms with E-state index in [0.29, 0.717) is 31.0 Å². The fourth-order valence-electron chi connectivity index (χ4n) is 4.46.